The first-order valence-electron chi connectivity index (χ1n) is 7.00. The van der Waals surface area contributed by atoms with Crippen molar-refractivity contribution in [2.75, 3.05) is 7.11 Å². The van der Waals surface area contributed by atoms with E-state index in [1.54, 1.807) is 12.1 Å². The first-order valence-corrected chi connectivity index (χ1v) is 7.00. The molecule has 0 aliphatic rings. The molecule has 0 saturated carbocycles. The zero-order valence-corrected chi connectivity index (χ0v) is 12.6. The van der Waals surface area contributed by atoms with Crippen LogP contribution in [0.15, 0.2) is 36.5 Å². The predicted octanol–water partition coefficient (Wildman–Crippen LogP) is 3.21. The van der Waals surface area contributed by atoms with E-state index in [4.69, 9.17) is 4.74 Å². The van der Waals surface area contributed by atoms with E-state index in [-0.39, 0.29) is 28.5 Å². The lowest BCUT2D eigenvalue weighted by Crippen LogP contribution is -2.06. The number of aromatic carboxylic acids is 1. The van der Waals surface area contributed by atoms with Gasteiger partial charge in [-0.3, -0.25) is 0 Å². The van der Waals surface area contributed by atoms with Crippen molar-refractivity contribution < 1.29 is 23.4 Å². The quantitative estimate of drug-likeness (QED) is 0.744. The summed E-state index contributed by atoms with van der Waals surface area (Å²) in [5, 5.41) is 9.46. The molecule has 3 aromatic rings. The number of halogens is 2. The Bertz CT molecular complexity index is 927. The topological polar surface area (TPSA) is 72.3 Å². The number of carbonyl (C=O) groups is 1. The highest BCUT2D eigenvalue weighted by atomic mass is 19.2. The van der Waals surface area contributed by atoms with Gasteiger partial charge < -0.3 is 9.84 Å². The Hall–Kier alpha value is -3.09. The van der Waals surface area contributed by atoms with Crippen molar-refractivity contribution in [3.8, 4) is 5.88 Å². The maximum Gasteiger partial charge on any atom is 0.337 e. The number of hydrogen-bond donors (Lipinski definition) is 1. The second kappa shape index (κ2) is 6.19. The van der Waals surface area contributed by atoms with Gasteiger partial charge in [-0.2, -0.15) is 4.39 Å². The van der Waals surface area contributed by atoms with Gasteiger partial charge in [0.25, 0.3) is 0 Å². The number of carboxylic acids is 1. The molecule has 0 radical (unpaired) electrons. The maximum atomic E-state index is 14.3. The average Bonchev–Trinajstić information content (AvgIpc) is 2.59. The molecule has 0 bridgehead atoms. The summed E-state index contributed by atoms with van der Waals surface area (Å²) in [6.45, 7) is 0. The number of rotatable bonds is 4. The first kappa shape index (κ1) is 15.8. The van der Waals surface area contributed by atoms with Crippen LogP contribution < -0.4 is 4.74 Å². The molecule has 122 valence electrons. The Balaban J connectivity index is 2.16. The van der Waals surface area contributed by atoms with Crippen molar-refractivity contribution >= 4 is 16.9 Å². The van der Waals surface area contributed by atoms with Gasteiger partial charge in [0, 0.05) is 29.6 Å². The van der Waals surface area contributed by atoms with Crippen LogP contribution in [-0.4, -0.2) is 28.2 Å². The number of benzene rings is 1. The summed E-state index contributed by atoms with van der Waals surface area (Å²) in [6, 6.07) is 7.57. The van der Waals surface area contributed by atoms with E-state index in [0.717, 1.165) is 0 Å². The van der Waals surface area contributed by atoms with Gasteiger partial charge in [-0.05, 0) is 11.6 Å². The van der Waals surface area contributed by atoms with Gasteiger partial charge >= 0.3 is 5.97 Å². The van der Waals surface area contributed by atoms with E-state index in [2.05, 4.69) is 9.97 Å². The molecule has 0 saturated heterocycles. The summed E-state index contributed by atoms with van der Waals surface area (Å²) in [4.78, 5) is 18.8. The number of hydrogen-bond acceptors (Lipinski definition) is 4. The minimum Gasteiger partial charge on any atom is -0.481 e. The Kier molecular flexibility index (Phi) is 4.07. The first-order chi connectivity index (χ1) is 11.5. The van der Waals surface area contributed by atoms with Crippen LogP contribution in [0.2, 0.25) is 0 Å². The fraction of sp³-hybridized carbons (Fsp3) is 0.118. The molecule has 0 unspecified atom stereocenters. The molecule has 0 atom stereocenters. The molecule has 0 fully saturated rings. The normalized spacial score (nSPS) is 10.8. The van der Waals surface area contributed by atoms with Crippen LogP contribution in [0.25, 0.3) is 10.9 Å². The van der Waals surface area contributed by atoms with Crippen molar-refractivity contribution in [2.45, 2.75) is 6.42 Å². The standard InChI is InChI=1S/C17H12F2N2O3/c1-24-13-6-5-9(8-20-13)7-12-10-3-2-4-11(17(22)23)15(10)21-16(19)14(12)18/h2-6,8H,7H2,1H3,(H,22,23). The van der Waals surface area contributed by atoms with Crippen molar-refractivity contribution in [3.63, 3.8) is 0 Å². The molecule has 2 heterocycles. The Morgan fingerprint density at radius 2 is 2.04 bits per heavy atom. The highest BCUT2D eigenvalue weighted by Crippen LogP contribution is 2.27. The molecule has 2 aromatic heterocycles. The van der Waals surface area contributed by atoms with Crippen molar-refractivity contribution in [1.82, 2.24) is 9.97 Å². The second-order valence-electron chi connectivity index (χ2n) is 5.09. The number of nitrogens with zero attached hydrogens (tertiary/aromatic N) is 2. The van der Waals surface area contributed by atoms with Gasteiger partial charge in [0.05, 0.1) is 18.2 Å². The lowest BCUT2D eigenvalue weighted by atomic mass is 9.99. The highest BCUT2D eigenvalue weighted by molar-refractivity contribution is 6.02. The zero-order chi connectivity index (χ0) is 17.3. The monoisotopic (exact) mass is 330 g/mol. The van der Waals surface area contributed by atoms with Gasteiger partial charge in [0.15, 0.2) is 5.82 Å². The smallest absolute Gasteiger partial charge is 0.337 e. The highest BCUT2D eigenvalue weighted by Gasteiger charge is 2.19. The fourth-order valence-electron chi connectivity index (χ4n) is 2.48. The minimum atomic E-state index is -1.33. The van der Waals surface area contributed by atoms with Crippen molar-refractivity contribution in [3.05, 3.63) is 65.0 Å². The molecule has 0 aliphatic carbocycles. The average molecular weight is 330 g/mol. The van der Waals surface area contributed by atoms with E-state index < -0.39 is 17.7 Å². The number of pyridine rings is 2. The minimum absolute atomic E-state index is 0.0348. The molecular formula is C17H12F2N2O3. The van der Waals surface area contributed by atoms with E-state index >= 15 is 0 Å². The summed E-state index contributed by atoms with van der Waals surface area (Å²) in [5.41, 5.74) is 0.399. The summed E-state index contributed by atoms with van der Waals surface area (Å²) in [7, 11) is 1.47. The van der Waals surface area contributed by atoms with Crippen LogP contribution in [-0.2, 0) is 6.42 Å². The molecule has 1 aromatic carbocycles. The molecule has 1 N–H and O–H groups in total. The van der Waals surface area contributed by atoms with Gasteiger partial charge in [0.2, 0.25) is 11.8 Å². The molecule has 0 spiro atoms. The van der Waals surface area contributed by atoms with Gasteiger partial charge in [-0.15, -0.1) is 0 Å². The number of methoxy groups -OCH3 is 1. The number of carboxylic acid groups (broad SMARTS) is 1. The molecule has 3 rings (SSSR count). The predicted molar refractivity (Wildman–Crippen MR) is 82.2 cm³/mol. The molecule has 0 aliphatic heterocycles. The lowest BCUT2D eigenvalue weighted by molar-refractivity contribution is 0.0699. The number of fused-ring (bicyclic) bond motifs is 1. The fourth-order valence-corrected chi connectivity index (χ4v) is 2.48. The van der Waals surface area contributed by atoms with Crippen LogP contribution in [0.5, 0.6) is 5.88 Å². The zero-order valence-electron chi connectivity index (χ0n) is 12.6. The SMILES string of the molecule is COc1ccc(Cc2c(F)c(F)nc3c(C(=O)O)cccc23)cn1. The Labute approximate surface area is 135 Å². The molecule has 0 amide bonds. The largest absolute Gasteiger partial charge is 0.481 e. The molecule has 24 heavy (non-hydrogen) atoms. The third kappa shape index (κ3) is 2.76. The van der Waals surface area contributed by atoms with Crippen molar-refractivity contribution in [1.29, 1.82) is 0 Å². The van der Waals surface area contributed by atoms with E-state index in [0.29, 0.717) is 11.4 Å². The number of ether oxygens (including phenoxy) is 1. The van der Waals surface area contributed by atoms with Gasteiger partial charge in [-0.25, -0.2) is 19.2 Å². The molecule has 5 nitrogen and oxygen atoms in total. The maximum absolute atomic E-state index is 14.3. The van der Waals surface area contributed by atoms with Crippen LogP contribution >= 0.6 is 0 Å². The molecule has 7 heteroatoms. The molecular weight excluding hydrogens is 318 g/mol. The summed E-state index contributed by atoms with van der Waals surface area (Å²) < 4.78 is 33.1. The summed E-state index contributed by atoms with van der Waals surface area (Å²) in [6.07, 6.45) is 1.53. The summed E-state index contributed by atoms with van der Waals surface area (Å²) in [5.74, 6) is -3.28. The summed E-state index contributed by atoms with van der Waals surface area (Å²) >= 11 is 0. The van der Waals surface area contributed by atoms with E-state index in [9.17, 15) is 18.7 Å². The van der Waals surface area contributed by atoms with Gasteiger partial charge in [-0.1, -0.05) is 18.2 Å². The third-order valence-corrected chi connectivity index (χ3v) is 3.64. The van der Waals surface area contributed by atoms with Gasteiger partial charge in [0.1, 0.15) is 0 Å². The van der Waals surface area contributed by atoms with Crippen LogP contribution in [0.4, 0.5) is 8.78 Å². The second-order valence-corrected chi connectivity index (χ2v) is 5.09. The van der Waals surface area contributed by atoms with Crippen molar-refractivity contribution in [2.24, 2.45) is 0 Å². The van der Waals surface area contributed by atoms with Crippen LogP contribution in [0.3, 0.4) is 0 Å². The number of para-hydroxylation sites is 1. The van der Waals surface area contributed by atoms with E-state index in [1.165, 1.54) is 31.5 Å². The Morgan fingerprint density at radius 1 is 1.25 bits per heavy atom. The Morgan fingerprint density at radius 3 is 2.67 bits per heavy atom. The van der Waals surface area contributed by atoms with Crippen LogP contribution in [0.1, 0.15) is 21.5 Å². The third-order valence-electron chi connectivity index (χ3n) is 3.64. The van der Waals surface area contributed by atoms with Crippen LogP contribution in [0, 0.1) is 11.8 Å². The lowest BCUT2D eigenvalue weighted by Gasteiger charge is -2.10. The van der Waals surface area contributed by atoms with E-state index in [1.807, 2.05) is 0 Å². The number of aromatic nitrogens is 2.